The summed E-state index contributed by atoms with van der Waals surface area (Å²) in [5.74, 6) is 2.68. The SMILES string of the molecule is Cc1ccc(CNc2ccc3c(Br)cccc3n2)o1.[Ar]. The monoisotopic (exact) mass is 356 g/mol. The third kappa shape index (κ3) is 3.55. The molecule has 3 aromatic rings. The van der Waals surface area contributed by atoms with Crippen molar-refractivity contribution < 1.29 is 42.2 Å². The van der Waals surface area contributed by atoms with Crippen molar-refractivity contribution >= 4 is 32.7 Å². The number of halogens is 1. The van der Waals surface area contributed by atoms with Crippen LogP contribution >= 0.6 is 15.9 Å². The number of pyridine rings is 1. The van der Waals surface area contributed by atoms with E-state index >= 15 is 0 Å². The van der Waals surface area contributed by atoms with Crippen LogP contribution in [0.4, 0.5) is 5.82 Å². The summed E-state index contributed by atoms with van der Waals surface area (Å²) in [4.78, 5) is 4.58. The van der Waals surface area contributed by atoms with Gasteiger partial charge in [-0.15, -0.1) is 0 Å². The molecule has 0 aliphatic heterocycles. The Labute approximate surface area is 155 Å². The maximum absolute atomic E-state index is 5.51. The molecule has 0 radical (unpaired) electrons. The van der Waals surface area contributed by atoms with E-state index in [-0.39, 0.29) is 37.7 Å². The zero-order chi connectivity index (χ0) is 13.2. The Morgan fingerprint density at radius 1 is 1.15 bits per heavy atom. The maximum Gasteiger partial charge on any atom is 0.127 e. The normalized spacial score (nSPS) is 10.3. The summed E-state index contributed by atoms with van der Waals surface area (Å²) >= 11 is 3.52. The minimum Gasteiger partial charge on any atom is -0.465 e. The fraction of sp³-hybridized carbons (Fsp3) is 0.133. The second kappa shape index (κ2) is 6.94. The van der Waals surface area contributed by atoms with Crippen molar-refractivity contribution in [2.45, 2.75) is 13.5 Å². The number of benzene rings is 1. The Bertz CT molecular complexity index is 727. The van der Waals surface area contributed by atoms with Gasteiger partial charge in [0, 0.05) is 47.6 Å². The van der Waals surface area contributed by atoms with Gasteiger partial charge in [0.1, 0.15) is 17.3 Å². The second-order valence-electron chi connectivity index (χ2n) is 4.37. The largest absolute Gasteiger partial charge is 0.465 e. The third-order valence-electron chi connectivity index (χ3n) is 2.92. The summed E-state index contributed by atoms with van der Waals surface area (Å²) in [6.07, 6.45) is 0. The molecule has 3 rings (SSSR count). The predicted molar refractivity (Wildman–Crippen MR) is 80.2 cm³/mol. The molecule has 0 amide bonds. The third-order valence-corrected chi connectivity index (χ3v) is 3.61. The zero-order valence-corrected chi connectivity index (χ0v) is 13.1. The van der Waals surface area contributed by atoms with E-state index < -0.39 is 0 Å². The molecule has 104 valence electrons. The van der Waals surface area contributed by atoms with Crippen LogP contribution in [-0.2, 0) is 6.54 Å². The average molecular weight is 357 g/mol. The minimum absolute atomic E-state index is 0. The number of furan rings is 1. The van der Waals surface area contributed by atoms with Gasteiger partial charge in [0.05, 0.1) is 12.1 Å². The van der Waals surface area contributed by atoms with E-state index in [9.17, 15) is 0 Å². The van der Waals surface area contributed by atoms with Crippen molar-refractivity contribution in [2.75, 3.05) is 5.32 Å². The predicted octanol–water partition coefficient (Wildman–Crippen LogP) is 4.51. The quantitative estimate of drug-likeness (QED) is 0.750. The van der Waals surface area contributed by atoms with Crippen molar-refractivity contribution in [2.24, 2.45) is 0 Å². The van der Waals surface area contributed by atoms with Crippen LogP contribution < -0.4 is 5.32 Å². The minimum atomic E-state index is 0. The molecule has 0 saturated carbocycles. The van der Waals surface area contributed by atoms with Crippen LogP contribution in [0.5, 0.6) is 0 Å². The van der Waals surface area contributed by atoms with Gasteiger partial charge >= 0.3 is 0 Å². The van der Waals surface area contributed by atoms with Gasteiger partial charge in [-0.1, -0.05) is 22.0 Å². The number of hydrogen-bond acceptors (Lipinski definition) is 3. The van der Waals surface area contributed by atoms with Crippen molar-refractivity contribution in [1.29, 1.82) is 0 Å². The van der Waals surface area contributed by atoms with E-state index in [1.807, 2.05) is 43.3 Å². The van der Waals surface area contributed by atoms with Crippen molar-refractivity contribution in [1.82, 2.24) is 4.98 Å². The first-order chi connectivity index (χ1) is 9.22. The smallest absolute Gasteiger partial charge is 0.127 e. The standard InChI is InChI=1S/C15H13BrN2O.Ar/c1-10-5-6-11(19-10)9-17-15-8-7-12-13(16)3-2-4-14(12)18-15;/h2-8H,9H2,1H3,(H,17,18);. The van der Waals surface area contributed by atoms with Crippen molar-refractivity contribution in [3.8, 4) is 0 Å². The fourth-order valence-electron chi connectivity index (χ4n) is 1.97. The van der Waals surface area contributed by atoms with Crippen LogP contribution in [0.15, 0.2) is 51.4 Å². The molecule has 0 aliphatic rings. The van der Waals surface area contributed by atoms with E-state index in [0.29, 0.717) is 6.54 Å². The van der Waals surface area contributed by atoms with Gasteiger partial charge in [-0.2, -0.15) is 0 Å². The summed E-state index contributed by atoms with van der Waals surface area (Å²) in [6, 6.07) is 14.0. The summed E-state index contributed by atoms with van der Waals surface area (Å²) in [7, 11) is 0. The Morgan fingerprint density at radius 3 is 2.75 bits per heavy atom. The molecule has 0 fully saturated rings. The van der Waals surface area contributed by atoms with E-state index in [1.165, 1.54) is 0 Å². The van der Waals surface area contributed by atoms with E-state index in [2.05, 4.69) is 32.3 Å². The molecule has 0 aliphatic carbocycles. The first kappa shape index (κ1) is 15.8. The molecule has 20 heavy (non-hydrogen) atoms. The topological polar surface area (TPSA) is 38.1 Å². The number of aromatic nitrogens is 1. The van der Waals surface area contributed by atoms with Gasteiger partial charge < -0.3 is 9.73 Å². The first-order valence-corrected chi connectivity index (χ1v) is 6.86. The van der Waals surface area contributed by atoms with Crippen LogP contribution in [0.2, 0.25) is 0 Å². The van der Waals surface area contributed by atoms with Gasteiger partial charge in [0.15, 0.2) is 0 Å². The average Bonchev–Trinajstić information content (AvgIpc) is 2.82. The molecule has 0 atom stereocenters. The van der Waals surface area contributed by atoms with Crippen LogP contribution in [0, 0.1) is 44.7 Å². The molecule has 0 unspecified atom stereocenters. The number of fused-ring (bicyclic) bond motifs is 1. The number of anilines is 1. The number of rotatable bonds is 3. The van der Waals surface area contributed by atoms with Gasteiger partial charge in [-0.3, -0.25) is 0 Å². The molecular formula is C15H13ArBrN2O. The molecule has 0 spiro atoms. The summed E-state index contributed by atoms with van der Waals surface area (Å²) in [6.45, 7) is 2.58. The Hall–Kier alpha value is -0.550. The molecular weight excluding hydrogens is 344 g/mol. The summed E-state index contributed by atoms with van der Waals surface area (Å²) in [5, 5.41) is 4.38. The molecule has 2 aromatic heterocycles. The van der Waals surface area contributed by atoms with E-state index in [0.717, 1.165) is 32.7 Å². The Balaban J connectivity index is 0.00000147. The van der Waals surface area contributed by atoms with E-state index in [1.54, 1.807) is 0 Å². The van der Waals surface area contributed by atoms with Crippen molar-refractivity contribution in [3.63, 3.8) is 0 Å². The summed E-state index contributed by atoms with van der Waals surface area (Å²) < 4.78 is 6.57. The van der Waals surface area contributed by atoms with Gasteiger partial charge in [0.2, 0.25) is 0 Å². The van der Waals surface area contributed by atoms with Crippen molar-refractivity contribution in [3.05, 3.63) is 58.5 Å². The Morgan fingerprint density at radius 2 is 2.00 bits per heavy atom. The first-order valence-electron chi connectivity index (χ1n) is 6.07. The second-order valence-corrected chi connectivity index (χ2v) is 5.22. The zero-order valence-electron chi connectivity index (χ0n) is 10.8. The number of nitrogens with zero attached hydrogens (tertiary/aromatic N) is 1. The molecule has 0 saturated heterocycles. The van der Waals surface area contributed by atoms with Gasteiger partial charge in [0.25, 0.3) is 0 Å². The number of nitrogens with one attached hydrogen (secondary N) is 1. The van der Waals surface area contributed by atoms with Crippen LogP contribution in [-0.4, -0.2) is 4.98 Å². The fourth-order valence-corrected chi connectivity index (χ4v) is 2.46. The van der Waals surface area contributed by atoms with Crippen LogP contribution in [0.25, 0.3) is 10.9 Å². The molecule has 2 heterocycles. The van der Waals surface area contributed by atoms with Crippen LogP contribution in [0.1, 0.15) is 11.5 Å². The van der Waals surface area contributed by atoms with Crippen LogP contribution in [0.3, 0.4) is 0 Å². The number of hydrogen-bond donors (Lipinski definition) is 1. The molecule has 0 bridgehead atoms. The number of aryl methyl sites for hydroxylation is 1. The molecule has 3 nitrogen and oxygen atoms in total. The molecule has 1 aromatic carbocycles. The molecule has 1 N–H and O–H groups in total. The molecule has 5 heteroatoms. The maximum atomic E-state index is 5.51. The summed E-state index contributed by atoms with van der Waals surface area (Å²) in [5.41, 5.74) is 0.968. The Kier molecular flexibility index (Phi) is 5.49. The van der Waals surface area contributed by atoms with E-state index in [4.69, 9.17) is 4.42 Å². The van der Waals surface area contributed by atoms with Gasteiger partial charge in [-0.05, 0) is 43.3 Å². The van der Waals surface area contributed by atoms with Gasteiger partial charge in [-0.25, -0.2) is 4.98 Å².